The van der Waals surface area contributed by atoms with Crippen LogP contribution in [0.3, 0.4) is 0 Å². The quantitative estimate of drug-likeness (QED) is 0.766. The van der Waals surface area contributed by atoms with Gasteiger partial charge in [-0.3, -0.25) is 9.78 Å². The molecule has 0 aliphatic carbocycles. The number of carbonyl (C=O) groups excluding carboxylic acids is 1. The highest BCUT2D eigenvalue weighted by atomic mass is 35.5. The van der Waals surface area contributed by atoms with Crippen LogP contribution < -0.4 is 4.90 Å². The zero-order valence-electron chi connectivity index (χ0n) is 14.5. The Labute approximate surface area is 152 Å². The number of hydrogen-bond donors (Lipinski definition) is 0. The number of carbonyl (C=O) groups is 1. The van der Waals surface area contributed by atoms with Crippen molar-refractivity contribution in [3.8, 4) is 6.07 Å². The summed E-state index contributed by atoms with van der Waals surface area (Å²) >= 11 is 6.19. The third-order valence-electron chi connectivity index (χ3n) is 4.94. The van der Waals surface area contributed by atoms with Gasteiger partial charge in [0.25, 0.3) is 0 Å². The lowest BCUT2D eigenvalue weighted by Gasteiger charge is -2.38. The van der Waals surface area contributed by atoms with Gasteiger partial charge in [-0.15, -0.1) is 0 Å². The number of ether oxygens (including phenoxy) is 1. The highest BCUT2D eigenvalue weighted by Crippen LogP contribution is 2.36. The Morgan fingerprint density at radius 3 is 2.88 bits per heavy atom. The summed E-state index contributed by atoms with van der Waals surface area (Å²) < 4.78 is 4.91. The molecule has 6 heteroatoms. The van der Waals surface area contributed by atoms with Gasteiger partial charge in [-0.2, -0.15) is 5.26 Å². The fourth-order valence-electron chi connectivity index (χ4n) is 3.65. The molecule has 1 aromatic carbocycles. The zero-order chi connectivity index (χ0) is 18.1. The number of benzene rings is 1. The smallest absolute Gasteiger partial charge is 0.309 e. The molecule has 0 amide bonds. The van der Waals surface area contributed by atoms with Crippen LogP contribution in [0.4, 0.5) is 5.69 Å². The maximum Gasteiger partial charge on any atom is 0.309 e. The van der Waals surface area contributed by atoms with Crippen LogP contribution in [0.15, 0.2) is 18.2 Å². The maximum absolute atomic E-state index is 11.9. The first-order valence-electron chi connectivity index (χ1n) is 8.29. The fraction of sp³-hybridized carbons (Fsp3) is 0.421. The van der Waals surface area contributed by atoms with Crippen molar-refractivity contribution in [3.05, 3.63) is 34.5 Å². The number of aromatic nitrogens is 1. The van der Waals surface area contributed by atoms with Gasteiger partial charge in [0.15, 0.2) is 0 Å². The van der Waals surface area contributed by atoms with Crippen molar-refractivity contribution in [2.45, 2.75) is 20.3 Å². The van der Waals surface area contributed by atoms with Gasteiger partial charge in [0, 0.05) is 23.5 Å². The second-order valence-electron chi connectivity index (χ2n) is 6.54. The van der Waals surface area contributed by atoms with Crippen molar-refractivity contribution in [1.82, 2.24) is 4.98 Å². The van der Waals surface area contributed by atoms with Crippen LogP contribution in [0, 0.1) is 30.1 Å². The molecule has 1 fully saturated rings. The van der Waals surface area contributed by atoms with Crippen molar-refractivity contribution < 1.29 is 9.53 Å². The number of nitriles is 1. The molecule has 2 heterocycles. The molecule has 0 radical (unpaired) electrons. The molecule has 0 unspecified atom stereocenters. The van der Waals surface area contributed by atoms with E-state index in [-0.39, 0.29) is 17.8 Å². The molecule has 1 aliphatic rings. The number of hydrogen-bond acceptors (Lipinski definition) is 5. The highest BCUT2D eigenvalue weighted by molar-refractivity contribution is 6.31. The lowest BCUT2D eigenvalue weighted by molar-refractivity contribution is -0.147. The topological polar surface area (TPSA) is 66.2 Å². The van der Waals surface area contributed by atoms with Gasteiger partial charge in [0.05, 0.1) is 35.5 Å². The number of pyridine rings is 1. The molecule has 0 N–H and O–H groups in total. The summed E-state index contributed by atoms with van der Waals surface area (Å²) in [7, 11) is 1.43. The van der Waals surface area contributed by atoms with Crippen molar-refractivity contribution in [1.29, 1.82) is 5.26 Å². The Balaban J connectivity index is 2.08. The van der Waals surface area contributed by atoms with E-state index in [0.717, 1.165) is 16.6 Å². The molecular formula is C19H20ClN3O2. The molecule has 3 rings (SSSR count). The normalized spacial score (nSPS) is 20.4. The summed E-state index contributed by atoms with van der Waals surface area (Å²) in [6, 6.07) is 7.83. The number of esters is 1. The molecule has 2 atom stereocenters. The first-order valence-corrected chi connectivity index (χ1v) is 8.66. The van der Waals surface area contributed by atoms with Crippen LogP contribution in [-0.2, 0) is 9.53 Å². The van der Waals surface area contributed by atoms with Gasteiger partial charge in [-0.25, -0.2) is 0 Å². The van der Waals surface area contributed by atoms with Crippen molar-refractivity contribution in [3.63, 3.8) is 0 Å². The number of fused-ring (bicyclic) bond motifs is 1. The van der Waals surface area contributed by atoms with E-state index in [1.807, 2.05) is 26.0 Å². The summed E-state index contributed by atoms with van der Waals surface area (Å²) in [5.41, 5.74) is 2.95. The predicted octanol–water partition coefficient (Wildman–Crippen LogP) is 3.70. The van der Waals surface area contributed by atoms with Gasteiger partial charge in [-0.05, 0) is 37.5 Å². The van der Waals surface area contributed by atoms with Crippen LogP contribution in [-0.4, -0.2) is 31.2 Å². The predicted molar refractivity (Wildman–Crippen MR) is 97.7 cm³/mol. The lowest BCUT2D eigenvalue weighted by Crippen LogP contribution is -2.43. The van der Waals surface area contributed by atoms with Gasteiger partial charge < -0.3 is 9.64 Å². The molecule has 0 saturated carbocycles. The molecule has 0 spiro atoms. The molecule has 5 nitrogen and oxygen atoms in total. The summed E-state index contributed by atoms with van der Waals surface area (Å²) in [6.45, 7) is 5.26. The second-order valence-corrected chi connectivity index (χ2v) is 6.97. The standard InChI is InChI=1S/C19H20ClN3O2/c1-11-10-23(7-6-14(11)19(24)25-3)18-15-8-13(20)4-5-17(15)22-12(2)16(18)9-21/h4-5,8,11,14H,6-7,10H2,1-3H3/t11-,14+/m0/s1. The van der Waals surface area contributed by atoms with Gasteiger partial charge in [0.1, 0.15) is 6.07 Å². The Hall–Kier alpha value is -2.32. The van der Waals surface area contributed by atoms with Crippen LogP contribution in [0.25, 0.3) is 10.9 Å². The number of piperidine rings is 1. The Bertz CT molecular complexity index is 875. The van der Waals surface area contributed by atoms with E-state index in [2.05, 4.69) is 16.0 Å². The minimum atomic E-state index is -0.161. The lowest BCUT2D eigenvalue weighted by atomic mass is 9.86. The second kappa shape index (κ2) is 6.89. The van der Waals surface area contributed by atoms with Crippen LogP contribution in [0.5, 0.6) is 0 Å². The van der Waals surface area contributed by atoms with Gasteiger partial charge in [-0.1, -0.05) is 18.5 Å². The van der Waals surface area contributed by atoms with Gasteiger partial charge in [0.2, 0.25) is 0 Å². The number of halogens is 1. The van der Waals surface area contributed by atoms with E-state index in [1.54, 1.807) is 6.07 Å². The Morgan fingerprint density at radius 1 is 1.48 bits per heavy atom. The summed E-state index contributed by atoms with van der Waals surface area (Å²) in [5.74, 6) is -0.133. The summed E-state index contributed by atoms with van der Waals surface area (Å²) in [5, 5.41) is 11.2. The number of aryl methyl sites for hydroxylation is 1. The van der Waals surface area contributed by atoms with Crippen LogP contribution in [0.2, 0.25) is 5.02 Å². The molecule has 0 bridgehead atoms. The third-order valence-corrected chi connectivity index (χ3v) is 5.17. The average Bonchev–Trinajstić information content (AvgIpc) is 2.60. The van der Waals surface area contributed by atoms with E-state index in [4.69, 9.17) is 16.3 Å². The number of rotatable bonds is 2. The van der Waals surface area contributed by atoms with Crippen molar-refractivity contribution in [2.24, 2.45) is 11.8 Å². The first kappa shape index (κ1) is 17.5. The molecular weight excluding hydrogens is 338 g/mol. The highest BCUT2D eigenvalue weighted by Gasteiger charge is 2.33. The number of methoxy groups -OCH3 is 1. The minimum Gasteiger partial charge on any atom is -0.469 e. The zero-order valence-corrected chi connectivity index (χ0v) is 15.3. The fourth-order valence-corrected chi connectivity index (χ4v) is 3.82. The molecule has 2 aromatic rings. The van der Waals surface area contributed by atoms with E-state index < -0.39 is 0 Å². The minimum absolute atomic E-state index is 0.107. The third kappa shape index (κ3) is 3.14. The van der Waals surface area contributed by atoms with E-state index >= 15 is 0 Å². The summed E-state index contributed by atoms with van der Waals surface area (Å²) in [4.78, 5) is 18.6. The monoisotopic (exact) mass is 357 g/mol. The van der Waals surface area contributed by atoms with Crippen LogP contribution in [0.1, 0.15) is 24.6 Å². The Kier molecular flexibility index (Phi) is 4.82. The van der Waals surface area contributed by atoms with E-state index in [1.165, 1.54) is 7.11 Å². The van der Waals surface area contributed by atoms with E-state index in [0.29, 0.717) is 35.8 Å². The molecule has 1 aromatic heterocycles. The van der Waals surface area contributed by atoms with E-state index in [9.17, 15) is 10.1 Å². The molecule has 1 aliphatic heterocycles. The Morgan fingerprint density at radius 2 is 2.24 bits per heavy atom. The molecule has 25 heavy (non-hydrogen) atoms. The maximum atomic E-state index is 11.9. The number of anilines is 1. The molecule has 1 saturated heterocycles. The number of nitrogens with zero attached hydrogens (tertiary/aromatic N) is 3. The van der Waals surface area contributed by atoms with Crippen molar-refractivity contribution in [2.75, 3.05) is 25.1 Å². The largest absolute Gasteiger partial charge is 0.469 e. The van der Waals surface area contributed by atoms with Gasteiger partial charge >= 0.3 is 5.97 Å². The summed E-state index contributed by atoms with van der Waals surface area (Å²) in [6.07, 6.45) is 0.697. The first-order chi connectivity index (χ1) is 12.0. The SMILES string of the molecule is COC(=O)[C@@H]1CCN(c2c(C#N)c(C)nc3ccc(Cl)cc23)C[C@@H]1C. The average molecular weight is 358 g/mol. The molecule has 130 valence electrons. The van der Waals surface area contributed by atoms with Crippen LogP contribution >= 0.6 is 11.6 Å². The van der Waals surface area contributed by atoms with Crippen molar-refractivity contribution >= 4 is 34.2 Å².